The second-order valence-electron chi connectivity index (χ2n) is 4.47. The molecule has 2 saturated heterocycles. The number of rotatable bonds is 2. The highest BCUT2D eigenvalue weighted by molar-refractivity contribution is 7.86. The summed E-state index contributed by atoms with van der Waals surface area (Å²) in [7, 11) is -3.45. The van der Waals surface area contributed by atoms with Gasteiger partial charge in [0.05, 0.1) is 12.4 Å². The Morgan fingerprint density at radius 1 is 1.31 bits per heavy atom. The molecule has 0 radical (unpaired) electrons. The van der Waals surface area contributed by atoms with Gasteiger partial charge in [0, 0.05) is 12.1 Å². The fourth-order valence-electron chi connectivity index (χ4n) is 2.77. The molecule has 2 heterocycles. The molecular weight excluding hydrogens is 234 g/mol. The third-order valence-electron chi connectivity index (χ3n) is 3.22. The summed E-state index contributed by atoms with van der Waals surface area (Å²) in [5.41, 5.74) is 0. The minimum absolute atomic E-state index is 0.0806. The van der Waals surface area contributed by atoms with E-state index in [2.05, 4.69) is 0 Å². The Kier molecular flexibility index (Phi) is 2.83. The van der Waals surface area contributed by atoms with Gasteiger partial charge in [-0.2, -0.15) is 8.42 Å². The number of amides is 1. The van der Waals surface area contributed by atoms with Crippen LogP contribution in [0.1, 0.15) is 25.7 Å². The summed E-state index contributed by atoms with van der Waals surface area (Å²) in [6.45, 7) is 0. The maximum Gasteiger partial charge on any atom is 0.407 e. The summed E-state index contributed by atoms with van der Waals surface area (Å²) >= 11 is 0. The molecule has 0 spiro atoms. The van der Waals surface area contributed by atoms with Crippen LogP contribution in [-0.4, -0.2) is 49.0 Å². The van der Waals surface area contributed by atoms with Crippen LogP contribution in [0.2, 0.25) is 0 Å². The molecule has 6 nitrogen and oxygen atoms in total. The number of piperidine rings is 1. The first-order chi connectivity index (χ1) is 7.37. The van der Waals surface area contributed by atoms with Crippen LogP contribution >= 0.6 is 0 Å². The van der Waals surface area contributed by atoms with Gasteiger partial charge < -0.3 is 10.0 Å². The van der Waals surface area contributed by atoms with Crippen molar-refractivity contribution in [1.82, 2.24) is 4.90 Å². The largest absolute Gasteiger partial charge is 0.465 e. The number of nitrogens with zero attached hydrogens (tertiary/aromatic N) is 1. The van der Waals surface area contributed by atoms with Crippen molar-refractivity contribution < 1.29 is 22.5 Å². The van der Waals surface area contributed by atoms with E-state index in [4.69, 9.17) is 9.29 Å². The third kappa shape index (κ3) is 2.30. The molecule has 2 unspecified atom stereocenters. The van der Waals surface area contributed by atoms with Gasteiger partial charge in [-0.15, -0.1) is 0 Å². The molecule has 0 aliphatic carbocycles. The molecule has 1 amide bonds. The van der Waals surface area contributed by atoms with E-state index >= 15 is 0 Å². The molecule has 2 fully saturated rings. The molecule has 2 rings (SSSR count). The molecule has 0 aromatic heterocycles. The zero-order chi connectivity index (χ0) is 11.9. The maximum absolute atomic E-state index is 11.0. The van der Waals surface area contributed by atoms with E-state index in [0.29, 0.717) is 12.8 Å². The molecule has 16 heavy (non-hydrogen) atoms. The standard InChI is InChI=1S/C9H15NO5S/c1-16(13,14)15-8-4-6-2-3-7(5-8)10(6)9(11)12/h6-8H,2-5H2,1H3,(H,11,12). The van der Waals surface area contributed by atoms with Gasteiger partial charge in [0.25, 0.3) is 10.1 Å². The van der Waals surface area contributed by atoms with Crippen LogP contribution in [0.3, 0.4) is 0 Å². The lowest BCUT2D eigenvalue weighted by Crippen LogP contribution is -2.48. The van der Waals surface area contributed by atoms with Gasteiger partial charge >= 0.3 is 6.09 Å². The Balaban J connectivity index is 2.05. The van der Waals surface area contributed by atoms with Crippen LogP contribution in [0.5, 0.6) is 0 Å². The van der Waals surface area contributed by atoms with Crippen LogP contribution in [-0.2, 0) is 14.3 Å². The summed E-state index contributed by atoms with van der Waals surface area (Å²) in [5.74, 6) is 0. The molecule has 2 aliphatic rings. The van der Waals surface area contributed by atoms with Crippen molar-refractivity contribution in [2.24, 2.45) is 0 Å². The molecule has 0 aromatic carbocycles. The van der Waals surface area contributed by atoms with Crippen LogP contribution in [0.15, 0.2) is 0 Å². The molecule has 2 atom stereocenters. The van der Waals surface area contributed by atoms with Crippen molar-refractivity contribution in [1.29, 1.82) is 0 Å². The summed E-state index contributed by atoms with van der Waals surface area (Å²) in [5, 5.41) is 9.00. The third-order valence-corrected chi connectivity index (χ3v) is 3.84. The minimum Gasteiger partial charge on any atom is -0.465 e. The summed E-state index contributed by atoms with van der Waals surface area (Å²) < 4.78 is 26.9. The maximum atomic E-state index is 11.0. The lowest BCUT2D eigenvalue weighted by molar-refractivity contribution is 0.0530. The fourth-order valence-corrected chi connectivity index (χ4v) is 3.42. The van der Waals surface area contributed by atoms with E-state index in [1.165, 1.54) is 4.90 Å². The monoisotopic (exact) mass is 249 g/mol. The van der Waals surface area contributed by atoms with E-state index in [9.17, 15) is 13.2 Å². The summed E-state index contributed by atoms with van der Waals surface area (Å²) in [4.78, 5) is 12.4. The van der Waals surface area contributed by atoms with Crippen molar-refractivity contribution in [2.75, 3.05) is 6.26 Å². The smallest absolute Gasteiger partial charge is 0.407 e. The molecule has 0 saturated carbocycles. The van der Waals surface area contributed by atoms with Gasteiger partial charge in [0.1, 0.15) is 0 Å². The first-order valence-electron chi connectivity index (χ1n) is 5.26. The second kappa shape index (κ2) is 3.89. The SMILES string of the molecule is CS(=O)(=O)OC1CC2CCC(C1)N2C(=O)O. The zero-order valence-electron chi connectivity index (χ0n) is 9.00. The summed E-state index contributed by atoms with van der Waals surface area (Å²) in [6.07, 6.45) is 2.33. The number of hydrogen-bond acceptors (Lipinski definition) is 4. The Hall–Kier alpha value is -0.820. The number of hydrogen-bond donors (Lipinski definition) is 1. The highest BCUT2D eigenvalue weighted by Gasteiger charge is 2.44. The normalized spacial score (nSPS) is 34.1. The number of carbonyl (C=O) groups is 1. The first-order valence-corrected chi connectivity index (χ1v) is 7.08. The van der Waals surface area contributed by atoms with Crippen molar-refractivity contribution in [3.63, 3.8) is 0 Å². The van der Waals surface area contributed by atoms with E-state index in [-0.39, 0.29) is 18.2 Å². The van der Waals surface area contributed by atoms with Gasteiger partial charge in [0.15, 0.2) is 0 Å². The topological polar surface area (TPSA) is 83.9 Å². The lowest BCUT2D eigenvalue weighted by Gasteiger charge is -2.36. The molecule has 2 bridgehead atoms. The van der Waals surface area contributed by atoms with Crippen LogP contribution < -0.4 is 0 Å². The Bertz CT molecular complexity index is 379. The molecule has 92 valence electrons. The second-order valence-corrected chi connectivity index (χ2v) is 6.07. The predicted molar refractivity (Wildman–Crippen MR) is 55.6 cm³/mol. The van der Waals surface area contributed by atoms with Gasteiger partial charge in [-0.3, -0.25) is 4.18 Å². The van der Waals surface area contributed by atoms with E-state index in [1.807, 2.05) is 0 Å². The van der Waals surface area contributed by atoms with Gasteiger partial charge in [-0.05, 0) is 25.7 Å². The highest BCUT2D eigenvalue weighted by Crippen LogP contribution is 2.37. The van der Waals surface area contributed by atoms with Crippen molar-refractivity contribution >= 4 is 16.2 Å². The lowest BCUT2D eigenvalue weighted by atomic mass is 10.0. The Morgan fingerprint density at radius 2 is 1.81 bits per heavy atom. The average molecular weight is 249 g/mol. The first kappa shape index (κ1) is 11.7. The quantitative estimate of drug-likeness (QED) is 0.726. The zero-order valence-corrected chi connectivity index (χ0v) is 9.81. The number of carboxylic acid groups (broad SMARTS) is 1. The molecule has 2 aliphatic heterocycles. The molecule has 0 aromatic rings. The molecule has 1 N–H and O–H groups in total. The van der Waals surface area contributed by atoms with Gasteiger partial charge in [0.2, 0.25) is 0 Å². The minimum atomic E-state index is -3.45. The van der Waals surface area contributed by atoms with Gasteiger partial charge in [-0.25, -0.2) is 4.79 Å². The van der Waals surface area contributed by atoms with E-state index < -0.39 is 16.2 Å². The van der Waals surface area contributed by atoms with Crippen LogP contribution in [0, 0.1) is 0 Å². The Labute approximate surface area is 94.3 Å². The Morgan fingerprint density at radius 3 is 2.19 bits per heavy atom. The summed E-state index contributed by atoms with van der Waals surface area (Å²) in [6, 6.07) is -0.161. The van der Waals surface area contributed by atoms with Crippen LogP contribution in [0.4, 0.5) is 4.79 Å². The van der Waals surface area contributed by atoms with Crippen molar-refractivity contribution in [2.45, 2.75) is 43.9 Å². The van der Waals surface area contributed by atoms with Gasteiger partial charge in [-0.1, -0.05) is 0 Å². The van der Waals surface area contributed by atoms with Crippen LogP contribution in [0.25, 0.3) is 0 Å². The van der Waals surface area contributed by atoms with Crippen molar-refractivity contribution in [3.05, 3.63) is 0 Å². The molecular formula is C9H15NO5S. The number of fused-ring (bicyclic) bond motifs is 2. The molecule has 7 heteroatoms. The fraction of sp³-hybridized carbons (Fsp3) is 0.889. The van der Waals surface area contributed by atoms with E-state index in [0.717, 1.165) is 19.1 Å². The average Bonchev–Trinajstić information content (AvgIpc) is 2.36. The highest BCUT2D eigenvalue weighted by atomic mass is 32.2. The predicted octanol–water partition coefficient (Wildman–Crippen LogP) is 0.636. The van der Waals surface area contributed by atoms with E-state index in [1.54, 1.807) is 0 Å². The van der Waals surface area contributed by atoms with Crippen molar-refractivity contribution in [3.8, 4) is 0 Å².